The van der Waals surface area contributed by atoms with E-state index >= 15 is 0 Å². The average Bonchev–Trinajstić information content (AvgIpc) is 3.68. The number of carbonyl (C=O) groups excluding carboxylic acids is 1. The van der Waals surface area contributed by atoms with Crippen molar-refractivity contribution in [1.29, 1.82) is 0 Å². The van der Waals surface area contributed by atoms with Gasteiger partial charge < -0.3 is 15.0 Å². The standard InChI is InChI=1S/C34H33F3N6O2S/c1-21-18-22(2)30(23(3)19-21)42-16-5-17-46-33(42)40-32(44)39-29-7-4-6-28(29)24-8-10-25(11-9-24)31-38-20-43(41-31)26-12-14-27(15-13-26)45-34(35,36)37/h8-15,18-20H,4-7,16-17H2,1-3H3,(H,39,44). The molecule has 6 rings (SSSR count). The lowest BCUT2D eigenvalue weighted by Gasteiger charge is -2.32. The number of ether oxygens (including phenoxy) is 1. The van der Waals surface area contributed by atoms with Gasteiger partial charge in [-0.2, -0.15) is 4.99 Å². The summed E-state index contributed by atoms with van der Waals surface area (Å²) in [4.78, 5) is 24.3. The number of aliphatic imine (C=N–C) groups is 1. The molecule has 12 heteroatoms. The summed E-state index contributed by atoms with van der Waals surface area (Å²) >= 11 is 1.61. The lowest BCUT2D eigenvalue weighted by molar-refractivity contribution is -0.274. The number of amides is 2. The summed E-state index contributed by atoms with van der Waals surface area (Å²) in [6, 6.07) is 17.2. The van der Waals surface area contributed by atoms with Crippen LogP contribution in [0.25, 0.3) is 22.6 Å². The maximum Gasteiger partial charge on any atom is 0.573 e. The van der Waals surface area contributed by atoms with Crippen LogP contribution < -0.4 is 15.0 Å². The molecule has 4 aromatic rings. The Kier molecular flexibility index (Phi) is 8.90. The lowest BCUT2D eigenvalue weighted by atomic mass is 10.0. The highest BCUT2D eigenvalue weighted by Gasteiger charge is 2.31. The Labute approximate surface area is 269 Å². The van der Waals surface area contributed by atoms with E-state index in [-0.39, 0.29) is 11.8 Å². The molecule has 0 atom stereocenters. The number of urea groups is 1. The maximum atomic E-state index is 13.2. The molecular formula is C34H33F3N6O2S. The van der Waals surface area contributed by atoms with Gasteiger partial charge in [-0.25, -0.2) is 14.5 Å². The third kappa shape index (κ3) is 7.12. The van der Waals surface area contributed by atoms with E-state index in [4.69, 9.17) is 0 Å². The molecule has 46 heavy (non-hydrogen) atoms. The van der Waals surface area contributed by atoms with Crippen molar-refractivity contribution in [3.05, 3.63) is 94.9 Å². The van der Waals surface area contributed by atoms with Gasteiger partial charge in [0.25, 0.3) is 0 Å². The quantitative estimate of drug-likeness (QED) is 0.227. The van der Waals surface area contributed by atoms with Crippen molar-refractivity contribution in [1.82, 2.24) is 20.1 Å². The molecule has 0 bridgehead atoms. The van der Waals surface area contributed by atoms with Crippen molar-refractivity contribution in [2.24, 2.45) is 4.99 Å². The zero-order chi connectivity index (χ0) is 32.4. The molecule has 0 saturated carbocycles. The van der Waals surface area contributed by atoms with E-state index in [1.165, 1.54) is 52.0 Å². The number of alkyl halides is 3. The lowest BCUT2D eigenvalue weighted by Crippen LogP contribution is -2.36. The molecule has 1 fully saturated rings. The van der Waals surface area contributed by atoms with Crippen LogP contribution in [0, 0.1) is 20.8 Å². The van der Waals surface area contributed by atoms with Gasteiger partial charge in [0.15, 0.2) is 11.0 Å². The molecule has 2 amide bonds. The van der Waals surface area contributed by atoms with Crippen LogP contribution >= 0.6 is 11.8 Å². The van der Waals surface area contributed by atoms with E-state index in [9.17, 15) is 18.0 Å². The first kappa shape index (κ1) is 31.4. The Hall–Kier alpha value is -4.58. The van der Waals surface area contributed by atoms with Gasteiger partial charge in [-0.15, -0.1) is 18.3 Å². The predicted octanol–water partition coefficient (Wildman–Crippen LogP) is 8.36. The molecule has 1 aliphatic heterocycles. The number of rotatable bonds is 6. The van der Waals surface area contributed by atoms with Gasteiger partial charge in [0.05, 0.1) is 5.69 Å². The van der Waals surface area contributed by atoms with Crippen LogP contribution in [-0.2, 0) is 0 Å². The minimum absolute atomic E-state index is 0.307. The maximum absolute atomic E-state index is 13.2. The third-order valence-electron chi connectivity index (χ3n) is 7.88. The Morgan fingerprint density at radius 2 is 1.65 bits per heavy atom. The minimum atomic E-state index is -4.75. The second-order valence-corrected chi connectivity index (χ2v) is 12.4. The average molecular weight is 647 g/mol. The summed E-state index contributed by atoms with van der Waals surface area (Å²) in [5.74, 6) is 1.09. The number of nitrogens with zero attached hydrogens (tertiary/aromatic N) is 5. The molecule has 0 spiro atoms. The number of carbonyl (C=O) groups is 1. The smallest absolute Gasteiger partial charge is 0.406 e. The molecule has 0 radical (unpaired) electrons. The predicted molar refractivity (Wildman–Crippen MR) is 175 cm³/mol. The fraction of sp³-hybridized carbons (Fsp3) is 0.294. The van der Waals surface area contributed by atoms with Gasteiger partial charge in [0, 0.05) is 29.2 Å². The van der Waals surface area contributed by atoms with Crippen molar-refractivity contribution in [2.45, 2.75) is 52.8 Å². The Bertz CT molecular complexity index is 1790. The van der Waals surface area contributed by atoms with E-state index < -0.39 is 6.36 Å². The molecule has 2 heterocycles. The number of allylic oxidation sites excluding steroid dienone is 2. The van der Waals surface area contributed by atoms with Crippen molar-refractivity contribution in [3.8, 4) is 22.8 Å². The van der Waals surface area contributed by atoms with Crippen LogP contribution in [0.15, 0.2) is 77.7 Å². The molecule has 1 saturated heterocycles. The number of aromatic nitrogens is 3. The number of benzene rings is 3. The van der Waals surface area contributed by atoms with Crippen LogP contribution in [0.4, 0.5) is 23.7 Å². The molecular weight excluding hydrogens is 613 g/mol. The van der Waals surface area contributed by atoms with Crippen molar-refractivity contribution in [3.63, 3.8) is 0 Å². The third-order valence-corrected chi connectivity index (χ3v) is 8.95. The topological polar surface area (TPSA) is 84.6 Å². The fourth-order valence-corrected chi connectivity index (χ4v) is 6.98. The first-order valence-corrected chi connectivity index (χ1v) is 16.0. The van der Waals surface area contributed by atoms with Crippen molar-refractivity contribution < 1.29 is 22.7 Å². The molecule has 1 N–H and O–H groups in total. The SMILES string of the molecule is Cc1cc(C)c(N2CCCSC2=NC(=O)NC2=C(c3ccc(-c4ncn(-c5ccc(OC(F)(F)F)cc5)n4)cc3)CCC2)c(C)c1. The summed E-state index contributed by atoms with van der Waals surface area (Å²) in [5.41, 5.74) is 8.99. The van der Waals surface area contributed by atoms with Gasteiger partial charge >= 0.3 is 12.4 Å². The van der Waals surface area contributed by atoms with Crippen LogP contribution in [0.3, 0.4) is 0 Å². The Balaban J connectivity index is 1.16. The molecule has 238 valence electrons. The zero-order valence-corrected chi connectivity index (χ0v) is 26.5. The number of amidine groups is 1. The Morgan fingerprint density at radius 3 is 2.35 bits per heavy atom. The number of anilines is 1. The van der Waals surface area contributed by atoms with Gasteiger partial charge in [-0.3, -0.25) is 0 Å². The normalized spacial score (nSPS) is 16.3. The molecule has 2 aliphatic rings. The molecule has 0 unspecified atom stereocenters. The van der Waals surface area contributed by atoms with E-state index in [1.807, 2.05) is 24.3 Å². The minimum Gasteiger partial charge on any atom is -0.406 e. The monoisotopic (exact) mass is 646 g/mol. The molecule has 8 nitrogen and oxygen atoms in total. The number of hydrogen-bond donors (Lipinski definition) is 1. The van der Waals surface area contributed by atoms with E-state index in [1.54, 1.807) is 11.8 Å². The largest absolute Gasteiger partial charge is 0.573 e. The summed E-state index contributed by atoms with van der Waals surface area (Å²) in [5, 5.41) is 8.29. The number of nitrogens with one attached hydrogen (secondary N) is 1. The second-order valence-electron chi connectivity index (χ2n) is 11.4. The van der Waals surface area contributed by atoms with Crippen LogP contribution in [-0.4, -0.2) is 44.6 Å². The van der Waals surface area contributed by atoms with Gasteiger partial charge in [0.2, 0.25) is 0 Å². The first-order chi connectivity index (χ1) is 22.0. The van der Waals surface area contributed by atoms with Crippen LogP contribution in [0.2, 0.25) is 0 Å². The van der Waals surface area contributed by atoms with E-state index in [2.05, 4.69) is 62.9 Å². The van der Waals surface area contributed by atoms with Crippen LogP contribution in [0.5, 0.6) is 5.75 Å². The summed E-state index contributed by atoms with van der Waals surface area (Å²) in [6.07, 6.45) is 0.316. The molecule has 3 aromatic carbocycles. The molecule has 1 aromatic heterocycles. The highest BCUT2D eigenvalue weighted by molar-refractivity contribution is 8.14. The van der Waals surface area contributed by atoms with E-state index in [0.29, 0.717) is 11.5 Å². The number of aryl methyl sites for hydroxylation is 3. The molecule has 1 aliphatic carbocycles. The number of halogens is 3. The Morgan fingerprint density at radius 1 is 0.957 bits per heavy atom. The highest BCUT2D eigenvalue weighted by Crippen LogP contribution is 2.35. The first-order valence-electron chi connectivity index (χ1n) is 15.0. The van der Waals surface area contributed by atoms with Gasteiger partial charge in [0.1, 0.15) is 12.1 Å². The zero-order valence-electron chi connectivity index (χ0n) is 25.7. The summed E-state index contributed by atoms with van der Waals surface area (Å²) < 4.78 is 42.8. The van der Waals surface area contributed by atoms with E-state index in [0.717, 1.165) is 71.2 Å². The van der Waals surface area contributed by atoms with Gasteiger partial charge in [-0.1, -0.05) is 53.7 Å². The fourth-order valence-electron chi connectivity index (χ4n) is 6.04. The number of thioether (sulfide) groups is 1. The highest BCUT2D eigenvalue weighted by atomic mass is 32.2. The van der Waals surface area contributed by atoms with Crippen molar-refractivity contribution in [2.75, 3.05) is 17.2 Å². The summed E-state index contributed by atoms with van der Waals surface area (Å²) in [7, 11) is 0. The van der Waals surface area contributed by atoms with Gasteiger partial charge in [-0.05, 0) is 93.0 Å². The second kappa shape index (κ2) is 13.0. The van der Waals surface area contributed by atoms with Crippen LogP contribution in [0.1, 0.15) is 47.9 Å². The number of hydrogen-bond acceptors (Lipinski definition) is 5. The summed E-state index contributed by atoms with van der Waals surface area (Å²) in [6.45, 7) is 7.12. The van der Waals surface area contributed by atoms with Crippen molar-refractivity contribution >= 4 is 34.2 Å².